The second kappa shape index (κ2) is 25.7. The summed E-state index contributed by atoms with van der Waals surface area (Å²) in [6.45, 7) is 13.1. The van der Waals surface area contributed by atoms with E-state index < -0.39 is 218 Å². The number of carbonyl (C=O) groups excluding carboxylic acids is 1. The second-order valence-electron chi connectivity index (χ2n) is 28.9. The van der Waals surface area contributed by atoms with Crippen molar-refractivity contribution in [3.63, 3.8) is 0 Å². The van der Waals surface area contributed by atoms with Crippen LogP contribution in [0.2, 0.25) is 0 Å². The molecule has 0 spiro atoms. The number of carboxylic acid groups (broad SMARTS) is 1. The molecule has 89 heavy (non-hydrogen) atoms. The lowest BCUT2D eigenvalue weighted by molar-refractivity contribution is -0.397. The Balaban J connectivity index is 0.884. The number of aliphatic hydroxyl groups is 15. The zero-order valence-corrected chi connectivity index (χ0v) is 51.5. The topological polar surface area (TPSA) is 459 Å². The van der Waals surface area contributed by atoms with Gasteiger partial charge in [0.2, 0.25) is 0 Å². The number of aliphatic hydroxyl groups excluding tert-OH is 15. The number of ether oxygens (including phenoxy) is 11. The van der Waals surface area contributed by atoms with Crippen molar-refractivity contribution >= 4 is 11.9 Å². The van der Waals surface area contributed by atoms with Crippen LogP contribution < -0.4 is 0 Å². The van der Waals surface area contributed by atoms with Crippen molar-refractivity contribution in [1.29, 1.82) is 0 Å². The minimum absolute atomic E-state index is 0.0306. The number of esters is 1. The van der Waals surface area contributed by atoms with E-state index in [2.05, 4.69) is 33.8 Å². The molecule has 10 aliphatic rings. The van der Waals surface area contributed by atoms with Crippen LogP contribution in [0.15, 0.2) is 11.6 Å². The summed E-state index contributed by atoms with van der Waals surface area (Å²) < 4.78 is 65.5. The number of carbonyl (C=O) groups is 2. The highest BCUT2D eigenvalue weighted by Crippen LogP contribution is 2.76. The third kappa shape index (κ3) is 11.7. The summed E-state index contributed by atoms with van der Waals surface area (Å²) in [5.41, 5.74) is -2.52. The average molecular weight is 1280 g/mol. The van der Waals surface area contributed by atoms with E-state index in [1.165, 1.54) is 5.57 Å². The van der Waals surface area contributed by atoms with Crippen molar-refractivity contribution < 1.29 is 143 Å². The first kappa shape index (κ1) is 69.5. The van der Waals surface area contributed by atoms with Crippen molar-refractivity contribution in [1.82, 2.24) is 0 Å². The summed E-state index contributed by atoms with van der Waals surface area (Å²) >= 11 is 0. The molecular formula is C60H96O29. The Morgan fingerprint density at radius 1 is 0.562 bits per heavy atom. The summed E-state index contributed by atoms with van der Waals surface area (Å²) in [6, 6.07) is 0. The number of rotatable bonds is 15. The molecule has 34 atom stereocenters. The first-order chi connectivity index (χ1) is 41.7. The molecule has 0 aromatic carbocycles. The fraction of sp³-hybridized carbons (Fsp3) is 0.933. The lowest BCUT2D eigenvalue weighted by atomic mass is 9.33. The van der Waals surface area contributed by atoms with Crippen LogP contribution >= 0.6 is 0 Å². The SMILES string of the molecule is CC(=O)O[C@@H]1CO[C@@H](O[C@@H]2[C@@H](O)[C@@H](O[C@@H]3[C@H](O)C(C)(C)C[C@H]4C5=CC[C@@H]6[C@@]7(C)CC[C@H](O[C@@H]8O[C@H](C(=O)O)[C@@H](O)[C@H](O)[C@H]8O[C@@H]8O[C@H](CO)[C@H](O)[C@H](O)[C@H]8O[C@@H]8O[C@H](CO)[C@@H](O)[C@H](O)[C@H]8O)[C@@](C)(CO)[C@@H]7CC[C@@]6(C)[C@]5(C)CC[C@@]34C)OC[C@@H]2O)[C@H](O)[C@H]1O. The highest BCUT2D eigenvalue weighted by Gasteiger charge is 2.71. The molecule has 29 nitrogen and oxygen atoms in total. The molecule has 4 saturated carbocycles. The van der Waals surface area contributed by atoms with Gasteiger partial charge in [-0.3, -0.25) is 4.79 Å². The van der Waals surface area contributed by atoms with Gasteiger partial charge < -0.3 is 134 Å². The van der Waals surface area contributed by atoms with Crippen LogP contribution in [0.3, 0.4) is 0 Å². The van der Waals surface area contributed by atoms with Gasteiger partial charge in [0.1, 0.15) is 97.7 Å². The lowest BCUT2D eigenvalue weighted by Crippen LogP contribution is -2.69. The molecule has 0 unspecified atom stereocenters. The number of carboxylic acids is 1. The zero-order chi connectivity index (χ0) is 65.2. The first-order valence-electron chi connectivity index (χ1n) is 31.2. The molecule has 9 fully saturated rings. The predicted octanol–water partition coefficient (Wildman–Crippen LogP) is -3.85. The van der Waals surface area contributed by atoms with Gasteiger partial charge in [-0.1, -0.05) is 60.1 Å². The van der Waals surface area contributed by atoms with Crippen molar-refractivity contribution in [3.05, 3.63) is 11.6 Å². The van der Waals surface area contributed by atoms with Gasteiger partial charge in [-0.25, -0.2) is 4.79 Å². The molecular weight excluding hydrogens is 1180 g/mol. The van der Waals surface area contributed by atoms with Gasteiger partial charge in [-0.15, -0.1) is 0 Å². The molecule has 510 valence electrons. The van der Waals surface area contributed by atoms with E-state index in [9.17, 15) is 91.3 Å². The Labute approximate surface area is 515 Å². The number of fused-ring (bicyclic) bond motifs is 7. The monoisotopic (exact) mass is 1280 g/mol. The van der Waals surface area contributed by atoms with Crippen LogP contribution in [0.1, 0.15) is 107 Å². The third-order valence-electron chi connectivity index (χ3n) is 23.5. The van der Waals surface area contributed by atoms with Crippen molar-refractivity contribution in [2.24, 2.45) is 50.2 Å². The highest BCUT2D eigenvalue weighted by atomic mass is 16.8. The molecule has 29 heteroatoms. The Kier molecular flexibility index (Phi) is 20.1. The molecule has 0 aromatic rings. The van der Waals surface area contributed by atoms with Crippen LogP contribution in [0.4, 0.5) is 0 Å². The molecule has 10 rings (SSSR count). The van der Waals surface area contributed by atoms with Crippen molar-refractivity contribution in [3.8, 4) is 0 Å². The van der Waals surface area contributed by atoms with Gasteiger partial charge in [-0.2, -0.15) is 0 Å². The molecule has 5 saturated heterocycles. The van der Waals surface area contributed by atoms with Crippen molar-refractivity contribution in [2.45, 2.75) is 266 Å². The van der Waals surface area contributed by atoms with Gasteiger partial charge in [-0.05, 0) is 90.8 Å². The highest BCUT2D eigenvalue weighted by molar-refractivity contribution is 5.73. The molecule has 0 radical (unpaired) electrons. The van der Waals surface area contributed by atoms with Crippen LogP contribution in [0.5, 0.6) is 0 Å². The fourth-order valence-corrected chi connectivity index (χ4v) is 17.9. The van der Waals surface area contributed by atoms with Gasteiger partial charge in [0.05, 0.1) is 51.3 Å². The number of hydrogen-bond acceptors (Lipinski definition) is 28. The van der Waals surface area contributed by atoms with Gasteiger partial charge >= 0.3 is 11.9 Å². The molecule has 0 amide bonds. The second-order valence-corrected chi connectivity index (χ2v) is 28.9. The van der Waals surface area contributed by atoms with E-state index in [0.717, 1.165) is 6.92 Å². The number of aliphatic carboxylic acids is 1. The third-order valence-corrected chi connectivity index (χ3v) is 23.5. The molecule has 0 bridgehead atoms. The molecule has 5 aliphatic heterocycles. The maximum absolute atomic E-state index is 12.7. The summed E-state index contributed by atoms with van der Waals surface area (Å²) in [5.74, 6) is -2.72. The van der Waals surface area contributed by atoms with Crippen LogP contribution in [0, 0.1) is 50.2 Å². The summed E-state index contributed by atoms with van der Waals surface area (Å²) in [5, 5.41) is 176. The normalized spacial score (nSPS) is 54.1. The quantitative estimate of drug-likeness (QED) is 0.0424. The lowest BCUT2D eigenvalue weighted by Gasteiger charge is -2.72. The van der Waals surface area contributed by atoms with Crippen LogP contribution in [0.25, 0.3) is 0 Å². The number of hydrogen-bond donors (Lipinski definition) is 16. The van der Waals surface area contributed by atoms with E-state index in [0.29, 0.717) is 44.9 Å². The molecule has 16 N–H and O–H groups in total. The van der Waals surface area contributed by atoms with E-state index in [4.69, 9.17) is 52.1 Å². The van der Waals surface area contributed by atoms with E-state index in [-0.39, 0.29) is 42.8 Å². The Bertz CT molecular complexity index is 2530. The average Bonchev–Trinajstić information content (AvgIpc) is 0.706. The van der Waals surface area contributed by atoms with Crippen LogP contribution in [-0.2, 0) is 61.7 Å². The van der Waals surface area contributed by atoms with E-state index in [1.807, 2.05) is 20.8 Å². The van der Waals surface area contributed by atoms with E-state index >= 15 is 0 Å². The summed E-state index contributed by atoms with van der Waals surface area (Å²) in [7, 11) is 0. The molecule has 5 aliphatic carbocycles. The fourth-order valence-electron chi connectivity index (χ4n) is 17.9. The van der Waals surface area contributed by atoms with Gasteiger partial charge in [0.25, 0.3) is 0 Å². The summed E-state index contributed by atoms with van der Waals surface area (Å²) in [6.07, 6.45) is -36.7. The predicted molar refractivity (Wildman–Crippen MR) is 296 cm³/mol. The largest absolute Gasteiger partial charge is 0.479 e. The minimum Gasteiger partial charge on any atom is -0.479 e. The maximum Gasteiger partial charge on any atom is 0.335 e. The standard InChI is InChI=1S/C60H96O29/c1-23(64)81-29-21-80-50(40(73)35(29)68)85-43-26(65)20-79-51(42(43)75)89-48-47(76)55(2,3)17-25-24-9-10-31-57(5)13-12-32(58(6,22-63)30(57)11-14-60(31,8)59(24,7)16-15-56(25,48)4)84-54-46(39(72)38(71)44(86-54)49(77)78)88-53-45(37(70)34(67)28(19-62)83-53)87-52-41(74)36(69)33(66)27(18-61)82-52/h9,25-48,50-54,61-63,65-76H,10-22H2,1-8H3,(H,77,78)/t25-,26-,27+,28+,29+,30+,31+,32-,33+,34-,35-,36-,37-,38-,39-,40+,41+,42+,43-,44-,45+,46+,47-,48+,50-,51+,52-,53-,54+,56+,57-,58-,59+,60+/m0/s1. The summed E-state index contributed by atoms with van der Waals surface area (Å²) in [4.78, 5) is 24.2. The smallest absolute Gasteiger partial charge is 0.335 e. The Morgan fingerprint density at radius 3 is 1.76 bits per heavy atom. The van der Waals surface area contributed by atoms with Gasteiger partial charge in [0.15, 0.2) is 43.7 Å². The van der Waals surface area contributed by atoms with Crippen LogP contribution in [-0.4, -0.2) is 286 Å². The Morgan fingerprint density at radius 2 is 1.13 bits per heavy atom. The first-order valence-corrected chi connectivity index (χ1v) is 31.2. The van der Waals surface area contributed by atoms with Gasteiger partial charge in [0, 0.05) is 17.8 Å². The molecule has 5 heterocycles. The molecule has 0 aromatic heterocycles. The Hall–Kier alpha value is -2.32. The van der Waals surface area contributed by atoms with Crippen molar-refractivity contribution in [2.75, 3.05) is 33.0 Å². The van der Waals surface area contributed by atoms with E-state index in [1.54, 1.807) is 0 Å². The zero-order valence-electron chi connectivity index (χ0n) is 51.5. The maximum atomic E-state index is 12.7. The number of allylic oxidation sites excluding steroid dienone is 2. The minimum atomic E-state index is -2.17.